The van der Waals surface area contributed by atoms with Gasteiger partial charge in [-0.1, -0.05) is 48.5 Å². The van der Waals surface area contributed by atoms with Gasteiger partial charge in [0.05, 0.1) is 16.4 Å². The van der Waals surface area contributed by atoms with Crippen LogP contribution in [0, 0.1) is 10.1 Å². The Kier molecular flexibility index (Phi) is 8.58. The molecule has 4 rings (SSSR count). The molecule has 1 aliphatic heterocycles. The van der Waals surface area contributed by atoms with Gasteiger partial charge >= 0.3 is 0 Å². The number of aryl methyl sites for hydroxylation is 1. The number of carbonyl (C=O) groups is 2. The number of nitro groups is 1. The number of amides is 2. The number of benzene rings is 3. The van der Waals surface area contributed by atoms with E-state index in [1.165, 1.54) is 22.6 Å². The number of ether oxygens (including phenoxy) is 2. The maximum atomic E-state index is 12.9. The van der Waals surface area contributed by atoms with Crippen molar-refractivity contribution in [1.29, 1.82) is 0 Å². The fraction of sp³-hybridized carbons (Fsp3) is 0.214. The summed E-state index contributed by atoms with van der Waals surface area (Å²) in [6, 6.07) is 21.4. The Morgan fingerprint density at radius 1 is 0.946 bits per heavy atom. The quantitative estimate of drug-likeness (QED) is 0.168. The van der Waals surface area contributed by atoms with Crippen LogP contribution >= 0.6 is 11.8 Å². The minimum Gasteiger partial charge on any atom is -0.490 e. The van der Waals surface area contributed by atoms with Crippen molar-refractivity contribution in [1.82, 2.24) is 4.90 Å². The standard InChI is InChI=1S/C28H26N2O6S/c1-2-35-25-17-21(13-14-24(25)36-19-22-10-6-12-23(16-22)30(33)34)18-26-27(31)29(28(32)37-26)15-7-11-20-8-4-3-5-9-20/h3-6,8-10,12-14,16-18H,2,7,11,15,19H2,1H3/b26-18+. The molecule has 1 saturated heterocycles. The number of rotatable bonds is 11. The lowest BCUT2D eigenvalue weighted by atomic mass is 10.1. The molecule has 3 aromatic carbocycles. The summed E-state index contributed by atoms with van der Waals surface area (Å²) in [5.74, 6) is 0.648. The number of carbonyl (C=O) groups excluding carboxylic acids is 2. The first-order valence-electron chi connectivity index (χ1n) is 11.9. The molecule has 1 heterocycles. The van der Waals surface area contributed by atoms with Gasteiger partial charge in [0, 0.05) is 18.7 Å². The minimum absolute atomic E-state index is 0.00417. The van der Waals surface area contributed by atoms with Crippen molar-refractivity contribution in [3.63, 3.8) is 0 Å². The van der Waals surface area contributed by atoms with Crippen LogP contribution in [0.5, 0.6) is 11.5 Å². The second kappa shape index (κ2) is 12.2. The second-order valence-corrected chi connectivity index (χ2v) is 9.27. The van der Waals surface area contributed by atoms with Crippen molar-refractivity contribution in [2.24, 2.45) is 0 Å². The monoisotopic (exact) mass is 518 g/mol. The highest BCUT2D eigenvalue weighted by molar-refractivity contribution is 8.18. The summed E-state index contributed by atoms with van der Waals surface area (Å²) in [5.41, 5.74) is 2.51. The third-order valence-corrected chi connectivity index (χ3v) is 6.55. The zero-order chi connectivity index (χ0) is 26.2. The van der Waals surface area contributed by atoms with Gasteiger partial charge in [0.25, 0.3) is 16.8 Å². The largest absolute Gasteiger partial charge is 0.490 e. The molecule has 3 aromatic rings. The van der Waals surface area contributed by atoms with Gasteiger partial charge in [-0.3, -0.25) is 24.6 Å². The molecule has 1 fully saturated rings. The van der Waals surface area contributed by atoms with Gasteiger partial charge in [0.1, 0.15) is 6.61 Å². The number of nitrogens with zero attached hydrogens (tertiary/aromatic N) is 2. The Balaban J connectivity index is 1.42. The topological polar surface area (TPSA) is 99.0 Å². The smallest absolute Gasteiger partial charge is 0.293 e. The Labute approximate surface area is 219 Å². The molecule has 8 nitrogen and oxygen atoms in total. The van der Waals surface area contributed by atoms with E-state index in [-0.39, 0.29) is 23.4 Å². The van der Waals surface area contributed by atoms with Crippen LogP contribution in [-0.4, -0.2) is 34.1 Å². The number of nitro benzene ring substituents is 1. The van der Waals surface area contributed by atoms with Gasteiger partial charge in [0.15, 0.2) is 11.5 Å². The third-order valence-electron chi connectivity index (χ3n) is 5.64. The molecule has 37 heavy (non-hydrogen) atoms. The summed E-state index contributed by atoms with van der Waals surface area (Å²) in [6.45, 7) is 2.74. The van der Waals surface area contributed by atoms with Gasteiger partial charge in [-0.05, 0) is 66.4 Å². The summed E-state index contributed by atoms with van der Waals surface area (Å²) >= 11 is 0.929. The molecule has 0 N–H and O–H groups in total. The molecule has 0 bridgehead atoms. The average Bonchev–Trinajstić information content (AvgIpc) is 3.16. The highest BCUT2D eigenvalue weighted by Gasteiger charge is 2.34. The fourth-order valence-corrected chi connectivity index (χ4v) is 4.72. The van der Waals surface area contributed by atoms with Crippen LogP contribution in [0.3, 0.4) is 0 Å². The molecular formula is C28H26N2O6S. The second-order valence-electron chi connectivity index (χ2n) is 8.28. The van der Waals surface area contributed by atoms with E-state index in [0.717, 1.165) is 18.2 Å². The molecule has 190 valence electrons. The Bertz CT molecular complexity index is 1330. The lowest BCUT2D eigenvalue weighted by molar-refractivity contribution is -0.384. The first-order chi connectivity index (χ1) is 17.9. The highest BCUT2D eigenvalue weighted by Crippen LogP contribution is 2.35. The zero-order valence-electron chi connectivity index (χ0n) is 20.3. The minimum atomic E-state index is -0.449. The lowest BCUT2D eigenvalue weighted by Crippen LogP contribution is -2.29. The number of hydrogen-bond acceptors (Lipinski definition) is 7. The number of thioether (sulfide) groups is 1. The summed E-state index contributed by atoms with van der Waals surface area (Å²) in [6.07, 6.45) is 3.16. The summed E-state index contributed by atoms with van der Waals surface area (Å²) in [5, 5.41) is 10.7. The number of hydrogen-bond donors (Lipinski definition) is 0. The summed E-state index contributed by atoms with van der Waals surface area (Å²) < 4.78 is 11.6. The molecule has 0 spiro atoms. The number of non-ortho nitro benzene ring substituents is 1. The van der Waals surface area contributed by atoms with E-state index in [4.69, 9.17) is 9.47 Å². The van der Waals surface area contributed by atoms with E-state index < -0.39 is 4.92 Å². The molecule has 0 saturated carbocycles. The molecule has 1 aliphatic rings. The highest BCUT2D eigenvalue weighted by atomic mass is 32.2. The van der Waals surface area contributed by atoms with E-state index in [2.05, 4.69) is 0 Å². The number of imide groups is 1. The van der Waals surface area contributed by atoms with E-state index in [1.54, 1.807) is 36.4 Å². The van der Waals surface area contributed by atoms with Crippen LogP contribution in [0.25, 0.3) is 6.08 Å². The van der Waals surface area contributed by atoms with E-state index in [1.807, 2.05) is 37.3 Å². The molecule has 0 aliphatic carbocycles. The molecule has 0 atom stereocenters. The molecular weight excluding hydrogens is 492 g/mol. The lowest BCUT2D eigenvalue weighted by Gasteiger charge is -2.13. The van der Waals surface area contributed by atoms with Crippen LogP contribution in [0.15, 0.2) is 77.7 Å². The van der Waals surface area contributed by atoms with E-state index >= 15 is 0 Å². The Morgan fingerprint density at radius 2 is 1.73 bits per heavy atom. The van der Waals surface area contributed by atoms with Gasteiger partial charge in [-0.25, -0.2) is 0 Å². The van der Waals surface area contributed by atoms with Gasteiger partial charge in [-0.2, -0.15) is 0 Å². The summed E-state index contributed by atoms with van der Waals surface area (Å²) in [4.78, 5) is 37.6. The predicted octanol–water partition coefficient (Wildman–Crippen LogP) is 6.24. The molecule has 0 radical (unpaired) electrons. The van der Waals surface area contributed by atoms with Crippen molar-refractivity contribution in [3.8, 4) is 11.5 Å². The Morgan fingerprint density at radius 3 is 2.49 bits per heavy atom. The van der Waals surface area contributed by atoms with Gasteiger partial charge < -0.3 is 9.47 Å². The van der Waals surface area contributed by atoms with Crippen LogP contribution in [-0.2, 0) is 17.8 Å². The molecule has 2 amide bonds. The van der Waals surface area contributed by atoms with E-state index in [0.29, 0.717) is 47.1 Å². The first kappa shape index (κ1) is 26.0. The van der Waals surface area contributed by atoms with Crippen molar-refractivity contribution >= 4 is 34.7 Å². The fourth-order valence-electron chi connectivity index (χ4n) is 3.85. The van der Waals surface area contributed by atoms with Crippen LogP contribution < -0.4 is 9.47 Å². The van der Waals surface area contributed by atoms with Gasteiger partial charge in [-0.15, -0.1) is 0 Å². The third kappa shape index (κ3) is 6.77. The Hall–Kier alpha value is -4.11. The predicted molar refractivity (Wildman–Crippen MR) is 142 cm³/mol. The van der Waals surface area contributed by atoms with Crippen molar-refractivity contribution in [2.45, 2.75) is 26.4 Å². The first-order valence-corrected chi connectivity index (χ1v) is 12.7. The van der Waals surface area contributed by atoms with Gasteiger partial charge in [0.2, 0.25) is 0 Å². The summed E-state index contributed by atoms with van der Waals surface area (Å²) in [7, 11) is 0. The molecule has 0 aromatic heterocycles. The maximum Gasteiger partial charge on any atom is 0.293 e. The molecule has 0 unspecified atom stereocenters. The van der Waals surface area contributed by atoms with Crippen molar-refractivity contribution in [2.75, 3.05) is 13.2 Å². The maximum absolute atomic E-state index is 12.9. The van der Waals surface area contributed by atoms with E-state index in [9.17, 15) is 19.7 Å². The normalized spacial score (nSPS) is 14.3. The van der Waals surface area contributed by atoms with Crippen molar-refractivity contribution in [3.05, 3.63) is 105 Å². The van der Waals surface area contributed by atoms with Crippen LogP contribution in [0.1, 0.15) is 30.0 Å². The molecule has 9 heteroatoms. The average molecular weight is 519 g/mol. The van der Waals surface area contributed by atoms with Crippen molar-refractivity contribution < 1.29 is 24.0 Å². The SMILES string of the molecule is CCOc1cc(/C=C2/SC(=O)N(CCCc3ccccc3)C2=O)ccc1OCc1cccc([N+](=O)[O-])c1. The van der Waals surface area contributed by atoms with Crippen LogP contribution in [0.2, 0.25) is 0 Å². The van der Waals surface area contributed by atoms with Crippen LogP contribution in [0.4, 0.5) is 10.5 Å². The zero-order valence-corrected chi connectivity index (χ0v) is 21.1.